The van der Waals surface area contributed by atoms with Crippen molar-refractivity contribution in [3.8, 4) is 11.5 Å². The molecule has 2 unspecified atom stereocenters. The second kappa shape index (κ2) is 8.12. The van der Waals surface area contributed by atoms with Crippen molar-refractivity contribution in [1.29, 1.82) is 0 Å². The number of hydrogen-bond donors (Lipinski definition) is 2. The summed E-state index contributed by atoms with van der Waals surface area (Å²) >= 11 is 0. The molecule has 1 aliphatic rings. The van der Waals surface area contributed by atoms with Gasteiger partial charge in [0.15, 0.2) is 15.6 Å². The van der Waals surface area contributed by atoms with Crippen LogP contribution < -0.4 is 15.5 Å². The van der Waals surface area contributed by atoms with E-state index in [4.69, 9.17) is 9.15 Å². The number of aryl methyl sites for hydroxylation is 1. The maximum atomic E-state index is 12.6. The first kappa shape index (κ1) is 20.7. The minimum atomic E-state index is -3.31. The van der Waals surface area contributed by atoms with Crippen LogP contribution in [-0.4, -0.2) is 38.3 Å². The Labute approximate surface area is 167 Å². The molecule has 0 fully saturated rings. The van der Waals surface area contributed by atoms with Gasteiger partial charge in [0.25, 0.3) is 0 Å². The van der Waals surface area contributed by atoms with E-state index in [0.29, 0.717) is 17.1 Å². The monoisotopic (exact) mass is 419 g/mol. The van der Waals surface area contributed by atoms with Gasteiger partial charge in [0.1, 0.15) is 11.5 Å². The van der Waals surface area contributed by atoms with Gasteiger partial charge in [-0.2, -0.15) is 0 Å². The molecular formula is C20H21NO7S. The SMILES string of the molecule is COc1ccc(C(CC(=O)NC2C=CS(=O)(=O)C2)c2oc(C)cc(=O)c2O)cc1. The van der Waals surface area contributed by atoms with Crippen LogP contribution in [0.2, 0.25) is 0 Å². The maximum Gasteiger partial charge on any atom is 0.227 e. The molecule has 1 aromatic heterocycles. The number of aromatic hydroxyl groups is 1. The van der Waals surface area contributed by atoms with Crippen molar-refractivity contribution in [1.82, 2.24) is 5.32 Å². The molecule has 2 aromatic rings. The minimum absolute atomic E-state index is 0.0232. The highest BCUT2D eigenvalue weighted by molar-refractivity contribution is 7.94. The number of hydrogen-bond acceptors (Lipinski definition) is 7. The van der Waals surface area contributed by atoms with Crippen molar-refractivity contribution in [2.45, 2.75) is 25.3 Å². The highest BCUT2D eigenvalue weighted by Gasteiger charge is 2.28. The molecule has 2 atom stereocenters. The summed E-state index contributed by atoms with van der Waals surface area (Å²) in [7, 11) is -1.79. The Hall–Kier alpha value is -3.07. The molecule has 9 heteroatoms. The van der Waals surface area contributed by atoms with Crippen LogP contribution in [0.25, 0.3) is 0 Å². The third-order valence-corrected chi connectivity index (χ3v) is 5.97. The van der Waals surface area contributed by atoms with Gasteiger partial charge in [-0.05, 0) is 30.7 Å². The molecule has 0 radical (unpaired) electrons. The lowest BCUT2D eigenvalue weighted by Gasteiger charge is -2.19. The van der Waals surface area contributed by atoms with E-state index >= 15 is 0 Å². The molecule has 1 aliphatic heterocycles. The molecule has 0 saturated carbocycles. The number of rotatable bonds is 6. The smallest absolute Gasteiger partial charge is 0.227 e. The van der Waals surface area contributed by atoms with E-state index in [2.05, 4.69) is 5.32 Å². The van der Waals surface area contributed by atoms with Crippen molar-refractivity contribution in [3.05, 3.63) is 69.1 Å². The summed E-state index contributed by atoms with van der Waals surface area (Å²) in [5, 5.41) is 14.0. The first-order chi connectivity index (χ1) is 13.7. The molecule has 154 valence electrons. The van der Waals surface area contributed by atoms with E-state index in [1.54, 1.807) is 31.2 Å². The van der Waals surface area contributed by atoms with Crippen LogP contribution >= 0.6 is 0 Å². The summed E-state index contributed by atoms with van der Waals surface area (Å²) in [5.74, 6) is -1.08. The third-order valence-electron chi connectivity index (χ3n) is 4.57. The molecule has 2 heterocycles. The van der Waals surface area contributed by atoms with Crippen LogP contribution in [0.5, 0.6) is 11.5 Å². The summed E-state index contributed by atoms with van der Waals surface area (Å²) in [4.78, 5) is 24.6. The molecule has 0 bridgehead atoms. The lowest BCUT2D eigenvalue weighted by molar-refractivity contribution is -0.121. The Bertz CT molecular complexity index is 1100. The average Bonchev–Trinajstić information content (AvgIpc) is 3.01. The van der Waals surface area contributed by atoms with E-state index in [1.165, 1.54) is 13.2 Å². The largest absolute Gasteiger partial charge is 0.502 e. The fraction of sp³-hybridized carbons (Fsp3) is 0.300. The maximum absolute atomic E-state index is 12.6. The Morgan fingerprint density at radius 3 is 2.62 bits per heavy atom. The normalized spacial score (nSPS) is 18.3. The van der Waals surface area contributed by atoms with Crippen molar-refractivity contribution < 1.29 is 27.5 Å². The van der Waals surface area contributed by atoms with E-state index in [-0.39, 0.29) is 17.9 Å². The Morgan fingerprint density at radius 2 is 2.03 bits per heavy atom. The van der Waals surface area contributed by atoms with Crippen molar-refractivity contribution >= 4 is 15.7 Å². The quantitative estimate of drug-likeness (QED) is 0.729. The molecule has 2 N–H and O–H groups in total. The van der Waals surface area contributed by atoms with Crippen molar-refractivity contribution in [3.63, 3.8) is 0 Å². The number of carbonyl (C=O) groups excluding carboxylic acids is 1. The first-order valence-corrected chi connectivity index (χ1v) is 10.6. The summed E-state index contributed by atoms with van der Waals surface area (Å²) in [6.45, 7) is 1.57. The van der Waals surface area contributed by atoms with Crippen LogP contribution in [0.4, 0.5) is 0 Å². The van der Waals surface area contributed by atoms with Gasteiger partial charge in [0.05, 0.1) is 24.8 Å². The standard InChI is InChI=1S/C20H21NO7S/c1-12-9-17(22)19(24)20(28-12)16(13-3-5-15(27-2)6-4-13)10-18(23)21-14-7-8-29(25,26)11-14/h3-9,14,16,24H,10-11H2,1-2H3,(H,21,23). The lowest BCUT2D eigenvalue weighted by atomic mass is 9.91. The Morgan fingerprint density at radius 1 is 1.34 bits per heavy atom. The number of benzene rings is 1. The molecule has 8 nitrogen and oxygen atoms in total. The Kier molecular flexibility index (Phi) is 5.78. The number of sulfone groups is 1. The van der Waals surface area contributed by atoms with E-state index in [9.17, 15) is 23.1 Å². The van der Waals surface area contributed by atoms with Gasteiger partial charge in [0, 0.05) is 17.9 Å². The van der Waals surface area contributed by atoms with E-state index in [1.807, 2.05) is 0 Å². The summed E-state index contributed by atoms with van der Waals surface area (Å²) < 4.78 is 33.8. The summed E-state index contributed by atoms with van der Waals surface area (Å²) in [6.07, 6.45) is 1.26. The fourth-order valence-corrected chi connectivity index (χ4v) is 4.41. The van der Waals surface area contributed by atoms with Gasteiger partial charge in [-0.15, -0.1) is 0 Å². The van der Waals surface area contributed by atoms with Crippen LogP contribution in [-0.2, 0) is 14.6 Å². The number of ether oxygens (including phenoxy) is 1. The van der Waals surface area contributed by atoms with Crippen molar-refractivity contribution in [2.24, 2.45) is 0 Å². The molecule has 0 saturated heterocycles. The van der Waals surface area contributed by atoms with Gasteiger partial charge < -0.3 is 19.6 Å². The number of amides is 1. The zero-order valence-corrected chi connectivity index (χ0v) is 16.7. The summed E-state index contributed by atoms with van der Waals surface area (Å²) in [5.41, 5.74) is 0.0204. The summed E-state index contributed by atoms with van der Waals surface area (Å²) in [6, 6.07) is 7.34. The highest BCUT2D eigenvalue weighted by atomic mass is 32.2. The zero-order valence-electron chi connectivity index (χ0n) is 15.9. The second-order valence-corrected chi connectivity index (χ2v) is 8.73. The predicted octanol–water partition coefficient (Wildman–Crippen LogP) is 1.61. The van der Waals surface area contributed by atoms with E-state index in [0.717, 1.165) is 11.5 Å². The van der Waals surface area contributed by atoms with Gasteiger partial charge in [-0.1, -0.05) is 12.1 Å². The second-order valence-electron chi connectivity index (χ2n) is 6.80. The topological polar surface area (TPSA) is 123 Å². The van der Waals surface area contributed by atoms with Gasteiger partial charge >= 0.3 is 0 Å². The van der Waals surface area contributed by atoms with Gasteiger partial charge in [0.2, 0.25) is 17.1 Å². The van der Waals surface area contributed by atoms with Crippen molar-refractivity contribution in [2.75, 3.05) is 12.9 Å². The van der Waals surface area contributed by atoms with Crippen LogP contribution in [0.15, 0.2) is 51.0 Å². The van der Waals surface area contributed by atoms with Crippen LogP contribution in [0, 0.1) is 6.92 Å². The molecule has 1 aromatic carbocycles. The zero-order chi connectivity index (χ0) is 21.2. The number of nitrogens with one attached hydrogen (secondary N) is 1. The molecular weight excluding hydrogens is 398 g/mol. The highest BCUT2D eigenvalue weighted by Crippen LogP contribution is 2.33. The van der Waals surface area contributed by atoms with Gasteiger partial charge in [-0.3, -0.25) is 9.59 Å². The fourth-order valence-electron chi connectivity index (χ4n) is 3.18. The number of carbonyl (C=O) groups is 1. The van der Waals surface area contributed by atoms with Gasteiger partial charge in [-0.25, -0.2) is 8.42 Å². The first-order valence-electron chi connectivity index (χ1n) is 8.86. The minimum Gasteiger partial charge on any atom is -0.502 e. The molecule has 29 heavy (non-hydrogen) atoms. The Balaban J connectivity index is 1.92. The molecule has 1 amide bonds. The number of methoxy groups -OCH3 is 1. The van der Waals surface area contributed by atoms with E-state index < -0.39 is 38.9 Å². The molecule has 3 rings (SSSR count). The van der Waals surface area contributed by atoms with Crippen LogP contribution in [0.1, 0.15) is 29.4 Å². The third kappa shape index (κ3) is 4.86. The average molecular weight is 419 g/mol. The van der Waals surface area contributed by atoms with Crippen LogP contribution in [0.3, 0.4) is 0 Å². The molecule has 0 spiro atoms. The lowest BCUT2D eigenvalue weighted by Crippen LogP contribution is -2.36. The predicted molar refractivity (Wildman–Crippen MR) is 106 cm³/mol. The molecule has 0 aliphatic carbocycles.